The van der Waals surface area contributed by atoms with Gasteiger partial charge in [0.15, 0.2) is 0 Å². The van der Waals surface area contributed by atoms with Crippen LogP contribution < -0.4 is 10.6 Å². The van der Waals surface area contributed by atoms with Crippen molar-refractivity contribution in [1.29, 1.82) is 0 Å². The van der Waals surface area contributed by atoms with E-state index in [1.54, 1.807) is 0 Å². The van der Waals surface area contributed by atoms with Crippen molar-refractivity contribution in [3.63, 3.8) is 0 Å². The third kappa shape index (κ3) is 3.91. The number of hydrogen-bond donors (Lipinski definition) is 2. The van der Waals surface area contributed by atoms with E-state index in [4.69, 9.17) is 0 Å². The number of carbonyl (C=O) groups is 1. The molecule has 16 heavy (non-hydrogen) atoms. The standard InChI is InChI=1S/C11H19FN2O.ClH/c1-7(4-8-2-3-8)14-11(15)10-5-9(12)6-13-10;/h7-10,13H,2-6H2,1H3,(H,14,15);1H/t7?,9-,10+;/m0./s1. The lowest BCUT2D eigenvalue weighted by Gasteiger charge is -2.16. The van der Waals surface area contributed by atoms with Crippen molar-refractivity contribution in [2.45, 2.75) is 50.9 Å². The zero-order valence-electron chi connectivity index (χ0n) is 9.54. The fourth-order valence-corrected chi connectivity index (χ4v) is 2.15. The molecule has 0 aromatic rings. The topological polar surface area (TPSA) is 41.1 Å². The molecule has 0 bridgehead atoms. The van der Waals surface area contributed by atoms with Crippen LogP contribution in [0.5, 0.6) is 0 Å². The Labute approximate surface area is 102 Å². The van der Waals surface area contributed by atoms with Crippen LogP contribution in [0, 0.1) is 5.92 Å². The Kier molecular flexibility index (Phi) is 4.99. The highest BCUT2D eigenvalue weighted by Crippen LogP contribution is 2.33. The quantitative estimate of drug-likeness (QED) is 0.792. The maximum absolute atomic E-state index is 12.8. The van der Waals surface area contributed by atoms with Gasteiger partial charge in [-0.2, -0.15) is 0 Å². The van der Waals surface area contributed by atoms with Crippen LogP contribution in [0.15, 0.2) is 0 Å². The van der Waals surface area contributed by atoms with Gasteiger partial charge in [-0.25, -0.2) is 4.39 Å². The molecule has 0 spiro atoms. The van der Waals surface area contributed by atoms with Crippen molar-refractivity contribution < 1.29 is 9.18 Å². The van der Waals surface area contributed by atoms with Gasteiger partial charge in [0.2, 0.25) is 5.91 Å². The Bertz CT molecular complexity index is 248. The van der Waals surface area contributed by atoms with Crippen LogP contribution in [-0.2, 0) is 4.79 Å². The van der Waals surface area contributed by atoms with Gasteiger partial charge >= 0.3 is 0 Å². The molecule has 1 heterocycles. The Morgan fingerprint density at radius 2 is 2.25 bits per heavy atom. The van der Waals surface area contributed by atoms with Gasteiger partial charge in [-0.15, -0.1) is 12.4 Å². The molecule has 1 aliphatic carbocycles. The molecule has 0 radical (unpaired) electrons. The molecule has 1 amide bonds. The average molecular weight is 251 g/mol. The van der Waals surface area contributed by atoms with Crippen molar-refractivity contribution in [1.82, 2.24) is 10.6 Å². The molecule has 2 N–H and O–H groups in total. The molecule has 1 unspecified atom stereocenters. The summed E-state index contributed by atoms with van der Waals surface area (Å²) in [6.45, 7) is 2.34. The van der Waals surface area contributed by atoms with Gasteiger partial charge in [-0.1, -0.05) is 12.8 Å². The molecular weight excluding hydrogens is 231 g/mol. The number of rotatable bonds is 4. The summed E-state index contributed by atoms with van der Waals surface area (Å²) in [7, 11) is 0. The summed E-state index contributed by atoms with van der Waals surface area (Å²) in [6, 6.07) is -0.0906. The van der Waals surface area contributed by atoms with E-state index in [1.807, 2.05) is 6.92 Å². The summed E-state index contributed by atoms with van der Waals surface area (Å²) in [5.41, 5.74) is 0. The van der Waals surface area contributed by atoms with Crippen molar-refractivity contribution in [2.24, 2.45) is 5.92 Å². The van der Waals surface area contributed by atoms with Gasteiger partial charge in [0, 0.05) is 19.0 Å². The summed E-state index contributed by atoms with van der Waals surface area (Å²) in [6.07, 6.45) is 3.13. The number of hydrogen-bond acceptors (Lipinski definition) is 2. The number of alkyl halides is 1. The minimum atomic E-state index is -0.862. The molecule has 1 saturated heterocycles. The minimum absolute atomic E-state index is 0. The van der Waals surface area contributed by atoms with Gasteiger partial charge in [-0.05, 0) is 19.3 Å². The normalized spacial score (nSPS) is 30.6. The van der Waals surface area contributed by atoms with Crippen LogP contribution in [0.2, 0.25) is 0 Å². The highest BCUT2D eigenvalue weighted by atomic mass is 35.5. The maximum atomic E-state index is 12.8. The molecule has 2 aliphatic rings. The van der Waals surface area contributed by atoms with Gasteiger partial charge in [0.25, 0.3) is 0 Å². The highest BCUT2D eigenvalue weighted by molar-refractivity contribution is 5.85. The second-order valence-corrected chi connectivity index (χ2v) is 4.88. The van der Waals surface area contributed by atoms with Crippen molar-refractivity contribution >= 4 is 18.3 Å². The summed E-state index contributed by atoms with van der Waals surface area (Å²) in [5.74, 6) is 0.772. The molecule has 5 heteroatoms. The van der Waals surface area contributed by atoms with E-state index < -0.39 is 6.17 Å². The lowest BCUT2D eigenvalue weighted by molar-refractivity contribution is -0.123. The highest BCUT2D eigenvalue weighted by Gasteiger charge is 2.30. The van der Waals surface area contributed by atoms with Crippen molar-refractivity contribution in [3.05, 3.63) is 0 Å². The van der Waals surface area contributed by atoms with Crippen LogP contribution in [0.25, 0.3) is 0 Å². The number of carbonyl (C=O) groups excluding carboxylic acids is 1. The summed E-state index contributed by atoms with van der Waals surface area (Å²) >= 11 is 0. The van der Waals surface area contributed by atoms with Crippen LogP contribution in [0.3, 0.4) is 0 Å². The summed E-state index contributed by atoms with van der Waals surface area (Å²) in [4.78, 5) is 11.7. The maximum Gasteiger partial charge on any atom is 0.237 e. The molecule has 2 fully saturated rings. The van der Waals surface area contributed by atoms with Crippen LogP contribution >= 0.6 is 12.4 Å². The first-order valence-corrected chi connectivity index (χ1v) is 5.83. The first kappa shape index (κ1) is 13.7. The third-order valence-electron chi connectivity index (χ3n) is 3.17. The van der Waals surface area contributed by atoms with Gasteiger partial charge in [0.05, 0.1) is 6.04 Å². The molecule has 0 aromatic heterocycles. The zero-order chi connectivity index (χ0) is 10.8. The predicted molar refractivity (Wildman–Crippen MR) is 63.5 cm³/mol. The van der Waals surface area contributed by atoms with Gasteiger partial charge < -0.3 is 10.6 Å². The smallest absolute Gasteiger partial charge is 0.237 e. The minimum Gasteiger partial charge on any atom is -0.352 e. The van der Waals surface area contributed by atoms with Crippen molar-refractivity contribution in [3.8, 4) is 0 Å². The van der Waals surface area contributed by atoms with E-state index in [0.717, 1.165) is 12.3 Å². The van der Waals surface area contributed by atoms with Crippen molar-refractivity contribution in [2.75, 3.05) is 6.54 Å². The first-order chi connectivity index (χ1) is 7.15. The van der Waals surface area contributed by atoms with E-state index in [1.165, 1.54) is 12.8 Å². The fraction of sp³-hybridized carbons (Fsp3) is 0.909. The lowest BCUT2D eigenvalue weighted by atomic mass is 10.1. The Hall–Kier alpha value is -0.350. The predicted octanol–water partition coefficient (Wildman–Crippen LogP) is 1.41. The molecule has 1 saturated carbocycles. The lowest BCUT2D eigenvalue weighted by Crippen LogP contribution is -2.44. The molecule has 1 aliphatic heterocycles. The van der Waals surface area contributed by atoms with Gasteiger partial charge in [-0.3, -0.25) is 4.79 Å². The Balaban J connectivity index is 0.00000128. The Morgan fingerprint density at radius 1 is 1.56 bits per heavy atom. The van der Waals surface area contributed by atoms with Gasteiger partial charge in [0.1, 0.15) is 6.17 Å². The molecule has 3 atom stereocenters. The van der Waals surface area contributed by atoms with Crippen LogP contribution in [-0.4, -0.2) is 30.7 Å². The second-order valence-electron chi connectivity index (χ2n) is 4.88. The van der Waals surface area contributed by atoms with E-state index in [0.29, 0.717) is 13.0 Å². The molecule has 3 nitrogen and oxygen atoms in total. The molecule has 2 rings (SSSR count). The van der Waals surface area contributed by atoms with E-state index in [-0.39, 0.29) is 30.4 Å². The zero-order valence-corrected chi connectivity index (χ0v) is 10.4. The summed E-state index contributed by atoms with van der Waals surface area (Å²) in [5, 5.41) is 5.84. The van der Waals surface area contributed by atoms with E-state index >= 15 is 0 Å². The molecular formula is C11H20ClFN2O. The number of amides is 1. The van der Waals surface area contributed by atoms with Crippen LogP contribution in [0.4, 0.5) is 4.39 Å². The third-order valence-corrected chi connectivity index (χ3v) is 3.17. The molecule has 0 aromatic carbocycles. The SMILES string of the molecule is CC(CC1CC1)NC(=O)[C@H]1C[C@H](F)CN1.Cl. The van der Waals surface area contributed by atoms with Crippen LogP contribution in [0.1, 0.15) is 32.6 Å². The monoisotopic (exact) mass is 250 g/mol. The number of nitrogens with one attached hydrogen (secondary N) is 2. The van der Waals surface area contributed by atoms with E-state index in [9.17, 15) is 9.18 Å². The molecule has 94 valence electrons. The average Bonchev–Trinajstić information content (AvgIpc) is 2.85. The summed E-state index contributed by atoms with van der Waals surface area (Å²) < 4.78 is 12.8. The fourth-order valence-electron chi connectivity index (χ4n) is 2.15. The number of halogens is 2. The first-order valence-electron chi connectivity index (χ1n) is 5.83. The second kappa shape index (κ2) is 5.82. The van der Waals surface area contributed by atoms with E-state index in [2.05, 4.69) is 10.6 Å². The largest absolute Gasteiger partial charge is 0.352 e. The Morgan fingerprint density at radius 3 is 2.75 bits per heavy atom.